The summed E-state index contributed by atoms with van der Waals surface area (Å²) in [5.74, 6) is 1.24. The summed E-state index contributed by atoms with van der Waals surface area (Å²) in [7, 11) is 0. The molecular formula is C24H30F3N3O2. The van der Waals surface area contributed by atoms with Crippen LogP contribution in [0.4, 0.5) is 13.2 Å². The molecule has 8 heteroatoms. The molecule has 0 N–H and O–H groups in total. The molecule has 4 heterocycles. The molecule has 2 amide bonds. The molecule has 4 aliphatic rings. The second kappa shape index (κ2) is 8.36. The second-order valence-corrected chi connectivity index (χ2v) is 9.92. The van der Waals surface area contributed by atoms with Gasteiger partial charge in [0, 0.05) is 56.8 Å². The molecule has 3 atom stereocenters. The van der Waals surface area contributed by atoms with Crippen LogP contribution in [0, 0.1) is 11.8 Å². The molecule has 1 aromatic rings. The van der Waals surface area contributed by atoms with E-state index in [-0.39, 0.29) is 5.91 Å². The summed E-state index contributed by atoms with van der Waals surface area (Å²) in [6.07, 6.45) is 1.43. The summed E-state index contributed by atoms with van der Waals surface area (Å²) in [6.45, 7) is 4.20. The standard InChI is InChI=1S/C24H30F3N3O2/c25-24(26,27)19-6-4-17(5-7-19)23(32)28-10-8-20(9-11-28)29-13-16-12-18(15-29)21-2-1-3-22(31)30(21)14-16/h4-7,16,18,20-21H,1-3,8-15H2/t16-,18-,21-/m1/s1. The Morgan fingerprint density at radius 1 is 0.969 bits per heavy atom. The number of hydrogen-bond acceptors (Lipinski definition) is 3. The van der Waals surface area contributed by atoms with Gasteiger partial charge in [-0.3, -0.25) is 14.5 Å². The van der Waals surface area contributed by atoms with Crippen molar-refractivity contribution < 1.29 is 22.8 Å². The van der Waals surface area contributed by atoms with Crippen LogP contribution in [0.3, 0.4) is 0 Å². The van der Waals surface area contributed by atoms with Gasteiger partial charge < -0.3 is 9.80 Å². The van der Waals surface area contributed by atoms with E-state index in [1.165, 1.54) is 18.6 Å². The van der Waals surface area contributed by atoms with Crippen molar-refractivity contribution in [2.75, 3.05) is 32.7 Å². The van der Waals surface area contributed by atoms with Gasteiger partial charge in [-0.1, -0.05) is 0 Å². The zero-order valence-electron chi connectivity index (χ0n) is 18.2. The minimum absolute atomic E-state index is 0.191. The van der Waals surface area contributed by atoms with E-state index < -0.39 is 11.7 Å². The third kappa shape index (κ3) is 4.14. The van der Waals surface area contributed by atoms with Crippen molar-refractivity contribution in [2.24, 2.45) is 11.8 Å². The van der Waals surface area contributed by atoms with E-state index in [2.05, 4.69) is 9.80 Å². The van der Waals surface area contributed by atoms with E-state index in [1.54, 1.807) is 4.90 Å². The maximum atomic E-state index is 12.8. The summed E-state index contributed by atoms with van der Waals surface area (Å²) < 4.78 is 38.3. The first-order valence-electron chi connectivity index (χ1n) is 11.8. The lowest BCUT2D eigenvalue weighted by Crippen LogP contribution is -2.62. The van der Waals surface area contributed by atoms with Crippen LogP contribution >= 0.6 is 0 Å². The third-order valence-corrected chi connectivity index (χ3v) is 7.94. The monoisotopic (exact) mass is 449 g/mol. The number of fused-ring (bicyclic) bond motifs is 4. The quantitative estimate of drug-likeness (QED) is 0.693. The Hall–Kier alpha value is -2.09. The van der Waals surface area contributed by atoms with E-state index in [0.717, 1.165) is 57.5 Å². The topological polar surface area (TPSA) is 43.9 Å². The van der Waals surface area contributed by atoms with Gasteiger partial charge >= 0.3 is 6.18 Å². The molecule has 2 bridgehead atoms. The van der Waals surface area contributed by atoms with Crippen LogP contribution in [-0.4, -0.2) is 71.3 Å². The van der Waals surface area contributed by atoms with E-state index in [0.29, 0.717) is 54.9 Å². The van der Waals surface area contributed by atoms with Crippen LogP contribution in [-0.2, 0) is 11.0 Å². The minimum atomic E-state index is -4.39. The number of amides is 2. The zero-order chi connectivity index (χ0) is 22.5. The summed E-state index contributed by atoms with van der Waals surface area (Å²) in [6, 6.07) is 5.34. The lowest BCUT2D eigenvalue weighted by atomic mass is 9.75. The number of likely N-dealkylation sites (tertiary alicyclic amines) is 2. The maximum absolute atomic E-state index is 12.8. The number of nitrogens with zero attached hydrogens (tertiary/aromatic N) is 3. The highest BCUT2D eigenvalue weighted by atomic mass is 19.4. The average molecular weight is 450 g/mol. The molecule has 0 saturated carbocycles. The largest absolute Gasteiger partial charge is 0.416 e. The van der Waals surface area contributed by atoms with Gasteiger partial charge in [-0.25, -0.2) is 0 Å². The van der Waals surface area contributed by atoms with E-state index in [1.807, 2.05) is 0 Å². The number of carbonyl (C=O) groups excluding carboxylic acids is 2. The molecule has 1 aromatic carbocycles. The van der Waals surface area contributed by atoms with Gasteiger partial charge in [0.15, 0.2) is 0 Å². The molecule has 4 fully saturated rings. The number of halogens is 3. The summed E-state index contributed by atoms with van der Waals surface area (Å²) in [4.78, 5) is 31.7. The fraction of sp³-hybridized carbons (Fsp3) is 0.667. The number of piperidine rings is 4. The Kier molecular flexibility index (Phi) is 5.68. The minimum Gasteiger partial charge on any atom is -0.339 e. The van der Waals surface area contributed by atoms with E-state index in [9.17, 15) is 22.8 Å². The number of benzene rings is 1. The first-order chi connectivity index (χ1) is 15.3. The Morgan fingerprint density at radius 2 is 1.69 bits per heavy atom. The molecule has 32 heavy (non-hydrogen) atoms. The number of rotatable bonds is 2. The van der Waals surface area contributed by atoms with Gasteiger partial charge in [0.1, 0.15) is 0 Å². The first-order valence-corrected chi connectivity index (χ1v) is 11.8. The average Bonchev–Trinajstić information content (AvgIpc) is 2.79. The zero-order valence-corrected chi connectivity index (χ0v) is 18.2. The number of hydrogen-bond donors (Lipinski definition) is 0. The molecule has 0 aliphatic carbocycles. The Labute approximate surface area is 186 Å². The van der Waals surface area contributed by atoms with Crippen LogP contribution in [0.2, 0.25) is 0 Å². The molecule has 0 spiro atoms. The van der Waals surface area contributed by atoms with Gasteiger partial charge in [0.2, 0.25) is 5.91 Å². The SMILES string of the molecule is O=C(c1ccc(C(F)(F)F)cc1)N1CCC(N2C[C@H]3C[C@H](C2)[C@H]2CCCC(=O)N2C3)CC1. The normalized spacial score (nSPS) is 29.7. The van der Waals surface area contributed by atoms with Crippen molar-refractivity contribution in [3.05, 3.63) is 35.4 Å². The van der Waals surface area contributed by atoms with Gasteiger partial charge in [0.05, 0.1) is 5.56 Å². The molecule has 0 radical (unpaired) electrons. The highest BCUT2D eigenvalue weighted by molar-refractivity contribution is 5.94. The Morgan fingerprint density at radius 3 is 2.38 bits per heavy atom. The van der Waals surface area contributed by atoms with Gasteiger partial charge in [0.25, 0.3) is 5.91 Å². The Bertz CT molecular complexity index is 864. The fourth-order valence-electron chi connectivity index (χ4n) is 6.36. The van der Waals surface area contributed by atoms with Gasteiger partial charge in [-0.2, -0.15) is 13.2 Å². The van der Waals surface area contributed by atoms with Crippen LogP contribution in [0.1, 0.15) is 54.4 Å². The summed E-state index contributed by atoms with van der Waals surface area (Å²) >= 11 is 0. The highest BCUT2D eigenvalue weighted by Gasteiger charge is 2.45. The van der Waals surface area contributed by atoms with Crippen LogP contribution in [0.25, 0.3) is 0 Å². The lowest BCUT2D eigenvalue weighted by molar-refractivity contribution is -0.145. The smallest absolute Gasteiger partial charge is 0.339 e. The van der Waals surface area contributed by atoms with Crippen LogP contribution in [0.15, 0.2) is 24.3 Å². The van der Waals surface area contributed by atoms with Gasteiger partial charge in [-0.05, 0) is 68.2 Å². The third-order valence-electron chi connectivity index (χ3n) is 7.94. The molecule has 174 valence electrons. The Balaban J connectivity index is 1.17. The molecule has 4 aliphatic heterocycles. The second-order valence-electron chi connectivity index (χ2n) is 9.92. The van der Waals surface area contributed by atoms with Gasteiger partial charge in [-0.15, -0.1) is 0 Å². The molecular weight excluding hydrogens is 419 g/mol. The van der Waals surface area contributed by atoms with Crippen LogP contribution in [0.5, 0.6) is 0 Å². The van der Waals surface area contributed by atoms with Crippen LogP contribution < -0.4 is 0 Å². The molecule has 5 nitrogen and oxygen atoms in total. The highest BCUT2D eigenvalue weighted by Crippen LogP contribution is 2.39. The maximum Gasteiger partial charge on any atom is 0.416 e. The van der Waals surface area contributed by atoms with E-state index in [4.69, 9.17) is 0 Å². The van der Waals surface area contributed by atoms with Crippen molar-refractivity contribution in [3.63, 3.8) is 0 Å². The molecule has 4 saturated heterocycles. The van der Waals surface area contributed by atoms with Crippen molar-refractivity contribution in [2.45, 2.75) is 56.8 Å². The fourth-order valence-corrected chi connectivity index (χ4v) is 6.36. The molecule has 0 unspecified atom stereocenters. The predicted molar refractivity (Wildman–Crippen MR) is 113 cm³/mol. The number of alkyl halides is 3. The first kappa shape index (κ1) is 21.7. The predicted octanol–water partition coefficient (Wildman–Crippen LogP) is 3.64. The molecule has 0 aromatic heterocycles. The van der Waals surface area contributed by atoms with Crippen molar-refractivity contribution >= 4 is 11.8 Å². The summed E-state index contributed by atoms with van der Waals surface area (Å²) in [5.41, 5.74) is -0.423. The van der Waals surface area contributed by atoms with Crippen molar-refractivity contribution in [1.82, 2.24) is 14.7 Å². The lowest BCUT2D eigenvalue weighted by Gasteiger charge is -2.54. The summed E-state index contributed by atoms with van der Waals surface area (Å²) in [5, 5.41) is 0. The molecule has 5 rings (SSSR count). The van der Waals surface area contributed by atoms with Crippen molar-refractivity contribution in [3.8, 4) is 0 Å². The number of carbonyl (C=O) groups is 2. The van der Waals surface area contributed by atoms with Crippen molar-refractivity contribution in [1.29, 1.82) is 0 Å². The van der Waals surface area contributed by atoms with E-state index >= 15 is 0 Å².